The van der Waals surface area contributed by atoms with Crippen molar-refractivity contribution < 1.29 is 19.4 Å². The predicted octanol–water partition coefficient (Wildman–Crippen LogP) is 1.53. The van der Waals surface area contributed by atoms with Gasteiger partial charge in [0, 0.05) is 32.7 Å². The first-order valence-electron chi connectivity index (χ1n) is 10.5. The van der Waals surface area contributed by atoms with Crippen molar-refractivity contribution in [3.05, 3.63) is 35.9 Å². The van der Waals surface area contributed by atoms with E-state index in [0.717, 1.165) is 37.9 Å². The number of carbonyl (C=O) groups is 2. The highest BCUT2D eigenvalue weighted by atomic mass is 16.5. The Kier molecular flexibility index (Phi) is 5.97. The quantitative estimate of drug-likeness (QED) is 0.751. The Balaban J connectivity index is 1.39. The molecule has 3 fully saturated rings. The van der Waals surface area contributed by atoms with Gasteiger partial charge in [0.25, 0.3) is 0 Å². The molecule has 3 aliphatic rings. The van der Waals surface area contributed by atoms with Crippen LogP contribution in [0.1, 0.15) is 24.8 Å². The fourth-order valence-electron chi connectivity index (χ4n) is 5.35. The van der Waals surface area contributed by atoms with Crippen LogP contribution in [0.15, 0.2) is 30.3 Å². The summed E-state index contributed by atoms with van der Waals surface area (Å²) in [7, 11) is 0. The Labute approximate surface area is 166 Å². The average Bonchev–Trinajstić information content (AvgIpc) is 3.35. The molecule has 2 unspecified atom stereocenters. The molecule has 6 heteroatoms. The molecule has 2 bridgehead atoms. The number of piperazine rings is 1. The van der Waals surface area contributed by atoms with E-state index in [4.69, 9.17) is 9.84 Å². The first-order chi connectivity index (χ1) is 13.7. The van der Waals surface area contributed by atoms with Crippen LogP contribution < -0.4 is 0 Å². The number of amides is 1. The van der Waals surface area contributed by atoms with E-state index < -0.39 is 0 Å². The summed E-state index contributed by atoms with van der Waals surface area (Å²) in [5.74, 6) is 0.0443. The Hall–Kier alpha value is -1.92. The van der Waals surface area contributed by atoms with Crippen LogP contribution in [0.25, 0.3) is 0 Å². The maximum atomic E-state index is 13.3. The molecule has 2 saturated carbocycles. The summed E-state index contributed by atoms with van der Waals surface area (Å²) in [6, 6.07) is 9.70. The molecule has 6 nitrogen and oxygen atoms in total. The standard InChI is InChI=1S/C22H30N2O4/c25-13-12-23-8-10-24(11-9-23)21(26)19-17-6-7-18(14-17)20(19)22(27)28-15-16-4-2-1-3-5-16/h1-5,17-20,25H,6-15H2/t17-,18+,19?,20?/m1/s1. The second-order valence-electron chi connectivity index (χ2n) is 8.37. The molecule has 4 rings (SSSR count). The van der Waals surface area contributed by atoms with Crippen LogP contribution in [0.3, 0.4) is 0 Å². The number of aliphatic hydroxyl groups excluding tert-OH is 1. The summed E-state index contributed by atoms with van der Waals surface area (Å²) in [5.41, 5.74) is 0.974. The van der Waals surface area contributed by atoms with Gasteiger partial charge in [-0.2, -0.15) is 0 Å². The molecule has 1 saturated heterocycles. The number of benzene rings is 1. The van der Waals surface area contributed by atoms with Gasteiger partial charge in [-0.15, -0.1) is 0 Å². The van der Waals surface area contributed by atoms with Gasteiger partial charge >= 0.3 is 5.97 Å². The molecular weight excluding hydrogens is 356 g/mol. The van der Waals surface area contributed by atoms with Crippen molar-refractivity contribution in [2.75, 3.05) is 39.3 Å². The second-order valence-corrected chi connectivity index (χ2v) is 8.37. The number of hydrogen-bond donors (Lipinski definition) is 1. The van der Waals surface area contributed by atoms with Crippen molar-refractivity contribution in [3.8, 4) is 0 Å². The average molecular weight is 386 g/mol. The van der Waals surface area contributed by atoms with Gasteiger partial charge in [0.2, 0.25) is 5.91 Å². The van der Waals surface area contributed by atoms with Crippen LogP contribution >= 0.6 is 0 Å². The maximum absolute atomic E-state index is 13.3. The first-order valence-corrected chi connectivity index (χ1v) is 10.5. The highest BCUT2D eigenvalue weighted by molar-refractivity contribution is 5.87. The number of fused-ring (bicyclic) bond motifs is 2. The molecule has 2 aliphatic carbocycles. The van der Waals surface area contributed by atoms with E-state index in [2.05, 4.69) is 4.90 Å². The minimum Gasteiger partial charge on any atom is -0.461 e. The molecule has 1 heterocycles. The van der Waals surface area contributed by atoms with Gasteiger partial charge in [-0.3, -0.25) is 14.5 Å². The van der Waals surface area contributed by atoms with E-state index in [1.807, 2.05) is 35.2 Å². The zero-order valence-corrected chi connectivity index (χ0v) is 16.3. The molecule has 1 N–H and O–H groups in total. The molecule has 1 aromatic rings. The summed E-state index contributed by atoms with van der Waals surface area (Å²) in [6.45, 7) is 4.01. The van der Waals surface area contributed by atoms with Crippen molar-refractivity contribution in [2.24, 2.45) is 23.7 Å². The molecule has 1 aliphatic heterocycles. The van der Waals surface area contributed by atoms with E-state index >= 15 is 0 Å². The molecule has 0 radical (unpaired) electrons. The Morgan fingerprint density at radius 3 is 2.36 bits per heavy atom. The molecule has 1 aromatic carbocycles. The molecule has 0 spiro atoms. The zero-order chi connectivity index (χ0) is 19.5. The lowest BCUT2D eigenvalue weighted by Crippen LogP contribution is -2.53. The summed E-state index contributed by atoms with van der Waals surface area (Å²) in [5, 5.41) is 9.09. The Morgan fingerprint density at radius 1 is 1.00 bits per heavy atom. The number of aliphatic hydroxyl groups is 1. The molecule has 28 heavy (non-hydrogen) atoms. The fourth-order valence-corrected chi connectivity index (χ4v) is 5.35. The molecular formula is C22H30N2O4. The largest absolute Gasteiger partial charge is 0.461 e. The summed E-state index contributed by atoms with van der Waals surface area (Å²) in [6.07, 6.45) is 3.06. The van der Waals surface area contributed by atoms with Crippen molar-refractivity contribution in [3.63, 3.8) is 0 Å². The van der Waals surface area contributed by atoms with Gasteiger partial charge in [-0.05, 0) is 36.7 Å². The van der Waals surface area contributed by atoms with Crippen LogP contribution in [0.4, 0.5) is 0 Å². The van der Waals surface area contributed by atoms with Crippen molar-refractivity contribution in [1.82, 2.24) is 9.80 Å². The third-order valence-electron chi connectivity index (χ3n) is 6.80. The molecule has 1 amide bonds. The number of β-amino-alcohol motifs (C(OH)–C–C–N with tert-alkyl or cyclic N) is 1. The summed E-state index contributed by atoms with van der Waals surface area (Å²) in [4.78, 5) is 30.3. The molecule has 4 atom stereocenters. The van der Waals surface area contributed by atoms with Crippen molar-refractivity contribution in [1.29, 1.82) is 0 Å². The highest BCUT2D eigenvalue weighted by Gasteiger charge is 2.55. The topological polar surface area (TPSA) is 70.1 Å². The third-order valence-corrected chi connectivity index (χ3v) is 6.80. The van der Waals surface area contributed by atoms with Gasteiger partial charge in [0.15, 0.2) is 0 Å². The fraction of sp³-hybridized carbons (Fsp3) is 0.636. The summed E-state index contributed by atoms with van der Waals surface area (Å²) < 4.78 is 5.64. The number of ether oxygens (including phenoxy) is 1. The summed E-state index contributed by atoms with van der Waals surface area (Å²) >= 11 is 0. The van der Waals surface area contributed by atoms with Crippen LogP contribution in [-0.2, 0) is 20.9 Å². The number of carbonyl (C=O) groups excluding carboxylic acids is 2. The maximum Gasteiger partial charge on any atom is 0.310 e. The van der Waals surface area contributed by atoms with Crippen LogP contribution in [0, 0.1) is 23.7 Å². The van der Waals surface area contributed by atoms with Gasteiger partial charge in [-0.25, -0.2) is 0 Å². The minimum absolute atomic E-state index is 0.137. The van der Waals surface area contributed by atoms with E-state index in [0.29, 0.717) is 25.6 Å². The first kappa shape index (κ1) is 19.4. The zero-order valence-electron chi connectivity index (χ0n) is 16.3. The Morgan fingerprint density at radius 2 is 1.68 bits per heavy atom. The van der Waals surface area contributed by atoms with Gasteiger partial charge < -0.3 is 14.7 Å². The lowest BCUT2D eigenvalue weighted by molar-refractivity contribution is -0.159. The van der Waals surface area contributed by atoms with E-state index in [1.54, 1.807) is 0 Å². The Bertz CT molecular complexity index is 687. The normalized spacial score (nSPS) is 29.8. The van der Waals surface area contributed by atoms with Crippen LogP contribution in [-0.4, -0.2) is 66.1 Å². The number of esters is 1. The van der Waals surface area contributed by atoms with E-state index in [1.165, 1.54) is 0 Å². The predicted molar refractivity (Wildman–Crippen MR) is 104 cm³/mol. The van der Waals surface area contributed by atoms with E-state index in [9.17, 15) is 9.59 Å². The van der Waals surface area contributed by atoms with Gasteiger partial charge in [0.1, 0.15) is 6.61 Å². The molecule has 152 valence electrons. The lowest BCUT2D eigenvalue weighted by Gasteiger charge is -2.38. The van der Waals surface area contributed by atoms with Crippen molar-refractivity contribution >= 4 is 11.9 Å². The van der Waals surface area contributed by atoms with Gasteiger partial charge in [0.05, 0.1) is 18.4 Å². The number of nitrogens with zero attached hydrogens (tertiary/aromatic N) is 2. The van der Waals surface area contributed by atoms with Crippen molar-refractivity contribution in [2.45, 2.75) is 25.9 Å². The smallest absolute Gasteiger partial charge is 0.310 e. The third kappa shape index (κ3) is 3.94. The monoisotopic (exact) mass is 386 g/mol. The number of rotatable bonds is 6. The number of hydrogen-bond acceptors (Lipinski definition) is 5. The van der Waals surface area contributed by atoms with Crippen LogP contribution in [0.2, 0.25) is 0 Å². The van der Waals surface area contributed by atoms with Crippen LogP contribution in [0.5, 0.6) is 0 Å². The van der Waals surface area contributed by atoms with E-state index in [-0.39, 0.29) is 42.8 Å². The van der Waals surface area contributed by atoms with Gasteiger partial charge in [-0.1, -0.05) is 30.3 Å². The minimum atomic E-state index is -0.287. The SMILES string of the molecule is O=C(OCc1ccccc1)C1C(C(=O)N2CCN(CCO)CC2)[C@@H]2CC[C@H]1C2. The lowest BCUT2D eigenvalue weighted by atomic mass is 9.78. The second kappa shape index (κ2) is 8.62. The molecule has 0 aromatic heterocycles. The highest BCUT2D eigenvalue weighted by Crippen LogP contribution is 2.53.